The van der Waals surface area contributed by atoms with Gasteiger partial charge in [0.25, 0.3) is 10.0 Å². The molecule has 0 aliphatic heterocycles. The summed E-state index contributed by atoms with van der Waals surface area (Å²) in [6.45, 7) is 7.88. The van der Waals surface area contributed by atoms with Gasteiger partial charge in [0, 0.05) is 25.7 Å². The fourth-order valence-electron chi connectivity index (χ4n) is 1.74. The number of nitrogens with one attached hydrogen (secondary N) is 2. The maximum absolute atomic E-state index is 12.5. The summed E-state index contributed by atoms with van der Waals surface area (Å²) in [7, 11) is -2.02. The van der Waals surface area contributed by atoms with Gasteiger partial charge in [0.15, 0.2) is 5.03 Å². The Labute approximate surface area is 127 Å². The summed E-state index contributed by atoms with van der Waals surface area (Å²) in [6, 6.07) is 0. The van der Waals surface area contributed by atoms with Crippen molar-refractivity contribution in [3.05, 3.63) is 11.8 Å². The van der Waals surface area contributed by atoms with Crippen LogP contribution in [0.4, 0.5) is 0 Å². The number of nitrogens with zero attached hydrogens (tertiary/aromatic N) is 2. The fourth-order valence-corrected chi connectivity index (χ4v) is 2.99. The van der Waals surface area contributed by atoms with Gasteiger partial charge >= 0.3 is 0 Å². The fraction of sp³-hybridized carbons (Fsp3) is 0.769. The Balaban J connectivity index is 2.71. The Hall–Kier alpha value is -0.960. The third kappa shape index (κ3) is 5.39. The van der Waals surface area contributed by atoms with Crippen molar-refractivity contribution in [2.24, 2.45) is 0 Å². The number of sulfonamides is 1. The van der Waals surface area contributed by atoms with E-state index < -0.39 is 10.0 Å². The molecule has 0 spiro atoms. The highest BCUT2D eigenvalue weighted by Crippen LogP contribution is 2.16. The first-order valence-corrected chi connectivity index (χ1v) is 8.64. The van der Waals surface area contributed by atoms with Crippen molar-refractivity contribution in [3.63, 3.8) is 0 Å². The average molecular weight is 318 g/mol. The highest BCUT2D eigenvalue weighted by Gasteiger charge is 2.25. The van der Waals surface area contributed by atoms with Crippen molar-refractivity contribution in [2.45, 2.75) is 44.9 Å². The maximum Gasteiger partial charge on any atom is 0.260 e. The summed E-state index contributed by atoms with van der Waals surface area (Å²) < 4.78 is 31.7. The predicted octanol–water partition coefficient (Wildman–Crippen LogP) is 0.955. The molecule has 2 N–H and O–H groups in total. The van der Waals surface area contributed by atoms with Crippen molar-refractivity contribution in [1.82, 2.24) is 19.8 Å². The zero-order valence-electron chi connectivity index (χ0n) is 13.2. The largest absolute Gasteiger partial charge is 0.377 e. The van der Waals surface area contributed by atoms with Gasteiger partial charge in [-0.1, -0.05) is 6.92 Å². The molecule has 8 heteroatoms. The molecule has 1 aromatic heterocycles. The van der Waals surface area contributed by atoms with Crippen LogP contribution in [0.15, 0.2) is 11.2 Å². The average Bonchev–Trinajstić information content (AvgIpc) is 2.87. The predicted molar refractivity (Wildman–Crippen MR) is 81.5 cm³/mol. The van der Waals surface area contributed by atoms with Gasteiger partial charge in [-0.3, -0.25) is 5.10 Å². The van der Waals surface area contributed by atoms with E-state index in [-0.39, 0.29) is 11.1 Å². The molecule has 0 aliphatic carbocycles. The first kappa shape index (κ1) is 18.1. The summed E-state index contributed by atoms with van der Waals surface area (Å²) in [5.41, 5.74) is 0.653. The van der Waals surface area contributed by atoms with Crippen LogP contribution in [0.3, 0.4) is 0 Å². The number of hydrogen-bond acceptors (Lipinski definition) is 5. The summed E-state index contributed by atoms with van der Waals surface area (Å²) in [4.78, 5) is 0. The molecule has 0 atom stereocenters. The van der Waals surface area contributed by atoms with Gasteiger partial charge in [-0.05, 0) is 26.8 Å². The second kappa shape index (κ2) is 8.47. The Kier molecular flexibility index (Phi) is 7.30. The van der Waals surface area contributed by atoms with Crippen molar-refractivity contribution < 1.29 is 13.2 Å². The highest BCUT2D eigenvalue weighted by molar-refractivity contribution is 7.89. The van der Waals surface area contributed by atoms with E-state index in [2.05, 4.69) is 22.4 Å². The molecule has 21 heavy (non-hydrogen) atoms. The van der Waals surface area contributed by atoms with E-state index in [1.807, 2.05) is 13.8 Å². The highest BCUT2D eigenvalue weighted by atomic mass is 32.2. The van der Waals surface area contributed by atoms with Crippen LogP contribution in [0.25, 0.3) is 0 Å². The molecule has 7 nitrogen and oxygen atoms in total. The molecule has 0 aromatic carbocycles. The summed E-state index contributed by atoms with van der Waals surface area (Å²) in [5.74, 6) is 0. The topological polar surface area (TPSA) is 87.3 Å². The lowest BCUT2D eigenvalue weighted by Crippen LogP contribution is -2.32. The number of H-pyrrole nitrogens is 1. The standard InChI is InChI=1S/C13H26N4O3S/c1-5-6-14-9-12-10-15-16-13(12)21(18,19)17(4)7-8-20-11(2)3/h10-11,14H,5-9H2,1-4H3,(H,15,16). The minimum absolute atomic E-state index is 0.0852. The van der Waals surface area contributed by atoms with Gasteiger partial charge < -0.3 is 10.1 Å². The molecule has 1 heterocycles. The normalized spacial score (nSPS) is 12.5. The zero-order chi connectivity index (χ0) is 15.9. The van der Waals surface area contributed by atoms with Crippen molar-refractivity contribution in [3.8, 4) is 0 Å². The molecule has 1 rings (SSSR count). The molecule has 0 saturated heterocycles. The van der Waals surface area contributed by atoms with E-state index in [0.29, 0.717) is 25.3 Å². The minimum atomic E-state index is -3.57. The van der Waals surface area contributed by atoms with Crippen molar-refractivity contribution in [1.29, 1.82) is 0 Å². The number of ether oxygens (including phenoxy) is 1. The number of hydrogen-bond donors (Lipinski definition) is 2. The second-order valence-electron chi connectivity index (χ2n) is 5.15. The first-order chi connectivity index (χ1) is 9.89. The monoisotopic (exact) mass is 318 g/mol. The third-order valence-electron chi connectivity index (χ3n) is 2.95. The van der Waals surface area contributed by atoms with Gasteiger partial charge in [0.05, 0.1) is 18.9 Å². The van der Waals surface area contributed by atoms with Crippen LogP contribution in [-0.2, 0) is 21.3 Å². The third-order valence-corrected chi connectivity index (χ3v) is 4.82. The molecular formula is C13H26N4O3S. The summed E-state index contributed by atoms with van der Waals surface area (Å²) >= 11 is 0. The van der Waals surface area contributed by atoms with E-state index in [9.17, 15) is 8.42 Å². The van der Waals surface area contributed by atoms with E-state index in [4.69, 9.17) is 4.74 Å². The molecular weight excluding hydrogens is 292 g/mol. The number of rotatable bonds is 10. The molecule has 0 bridgehead atoms. The number of aromatic amines is 1. The maximum atomic E-state index is 12.5. The Morgan fingerprint density at radius 2 is 2.19 bits per heavy atom. The molecule has 0 saturated carbocycles. The van der Waals surface area contributed by atoms with Crippen LogP contribution >= 0.6 is 0 Å². The van der Waals surface area contributed by atoms with E-state index in [1.165, 1.54) is 4.31 Å². The second-order valence-corrected chi connectivity index (χ2v) is 7.13. The Bertz CT molecular complexity index is 513. The summed E-state index contributed by atoms with van der Waals surface area (Å²) in [5, 5.41) is 9.78. The van der Waals surface area contributed by atoms with Gasteiger partial charge in [-0.15, -0.1) is 0 Å². The van der Waals surface area contributed by atoms with Crippen LogP contribution in [0.5, 0.6) is 0 Å². The smallest absolute Gasteiger partial charge is 0.260 e. The molecule has 1 aromatic rings. The molecule has 122 valence electrons. The van der Waals surface area contributed by atoms with Crippen LogP contribution < -0.4 is 5.32 Å². The van der Waals surface area contributed by atoms with Gasteiger partial charge in [-0.25, -0.2) is 8.42 Å². The Morgan fingerprint density at radius 1 is 1.48 bits per heavy atom. The lowest BCUT2D eigenvalue weighted by molar-refractivity contribution is 0.0737. The molecule has 0 aliphatic rings. The van der Waals surface area contributed by atoms with Crippen LogP contribution in [0.2, 0.25) is 0 Å². The summed E-state index contributed by atoms with van der Waals surface area (Å²) in [6.07, 6.45) is 2.63. The van der Waals surface area contributed by atoms with Crippen LogP contribution in [-0.4, -0.2) is 55.8 Å². The van der Waals surface area contributed by atoms with E-state index in [0.717, 1.165) is 13.0 Å². The van der Waals surface area contributed by atoms with E-state index in [1.54, 1.807) is 13.2 Å². The number of likely N-dealkylation sites (N-methyl/N-ethyl adjacent to an activating group) is 1. The quantitative estimate of drug-likeness (QED) is 0.627. The van der Waals surface area contributed by atoms with Gasteiger partial charge in [0.1, 0.15) is 0 Å². The lowest BCUT2D eigenvalue weighted by atomic mass is 10.3. The van der Waals surface area contributed by atoms with E-state index >= 15 is 0 Å². The minimum Gasteiger partial charge on any atom is -0.377 e. The Morgan fingerprint density at radius 3 is 2.81 bits per heavy atom. The molecule has 0 fully saturated rings. The van der Waals surface area contributed by atoms with Gasteiger partial charge in [0.2, 0.25) is 0 Å². The zero-order valence-corrected chi connectivity index (χ0v) is 14.0. The van der Waals surface area contributed by atoms with Crippen molar-refractivity contribution >= 4 is 10.0 Å². The van der Waals surface area contributed by atoms with Crippen LogP contribution in [0.1, 0.15) is 32.8 Å². The van der Waals surface area contributed by atoms with Crippen molar-refractivity contribution in [2.75, 3.05) is 26.7 Å². The molecule has 0 amide bonds. The lowest BCUT2D eigenvalue weighted by Gasteiger charge is -2.18. The first-order valence-electron chi connectivity index (χ1n) is 7.20. The van der Waals surface area contributed by atoms with Gasteiger partial charge in [-0.2, -0.15) is 9.40 Å². The molecule has 0 radical (unpaired) electrons. The number of aromatic nitrogens is 2. The molecule has 0 unspecified atom stereocenters. The van der Waals surface area contributed by atoms with Crippen LogP contribution in [0, 0.1) is 0 Å². The SMILES string of the molecule is CCCNCc1cn[nH]c1S(=O)(=O)N(C)CCOC(C)C.